The lowest BCUT2D eigenvalue weighted by Gasteiger charge is -2.31. The van der Waals surface area contributed by atoms with Crippen LogP contribution in [0.1, 0.15) is 43.8 Å². The van der Waals surface area contributed by atoms with Gasteiger partial charge in [-0.3, -0.25) is 19.6 Å². The van der Waals surface area contributed by atoms with Crippen molar-refractivity contribution in [2.45, 2.75) is 55.4 Å². The average Bonchev–Trinajstić information content (AvgIpc) is 3.35. The zero-order chi connectivity index (χ0) is 21.3. The van der Waals surface area contributed by atoms with Crippen molar-refractivity contribution in [2.75, 3.05) is 16.0 Å². The number of fused-ring (bicyclic) bond motifs is 1. The van der Waals surface area contributed by atoms with E-state index in [1.165, 1.54) is 18.2 Å². The number of benzene rings is 1. The predicted molar refractivity (Wildman–Crippen MR) is 105 cm³/mol. The first kappa shape index (κ1) is 20.7. The van der Waals surface area contributed by atoms with Gasteiger partial charge in [0.15, 0.2) is 0 Å². The third-order valence-electron chi connectivity index (χ3n) is 5.32. The minimum absolute atomic E-state index is 0.0258. The van der Waals surface area contributed by atoms with E-state index in [2.05, 4.69) is 20.5 Å². The van der Waals surface area contributed by atoms with Crippen LogP contribution in [0.25, 0.3) is 0 Å². The Hall–Kier alpha value is -2.56. The molecule has 7 nitrogen and oxygen atoms in total. The first-order valence-corrected chi connectivity index (χ1v) is 10.6. The molecule has 0 bridgehead atoms. The highest BCUT2D eigenvalue weighted by Gasteiger charge is 2.48. The van der Waals surface area contributed by atoms with Crippen molar-refractivity contribution in [1.29, 1.82) is 0 Å². The van der Waals surface area contributed by atoms with Crippen LogP contribution in [0.2, 0.25) is 0 Å². The van der Waals surface area contributed by atoms with Crippen LogP contribution in [0.4, 0.5) is 24.5 Å². The summed E-state index contributed by atoms with van der Waals surface area (Å²) in [6.45, 7) is 0. The number of anilines is 2. The number of para-hydroxylation sites is 2. The number of thioether (sulfide) groups is 1. The van der Waals surface area contributed by atoms with Gasteiger partial charge in [-0.05, 0) is 25.0 Å². The van der Waals surface area contributed by atoms with Crippen molar-refractivity contribution < 1.29 is 22.8 Å². The van der Waals surface area contributed by atoms with Crippen molar-refractivity contribution in [1.82, 2.24) is 15.2 Å². The van der Waals surface area contributed by atoms with Crippen LogP contribution in [-0.2, 0) is 9.59 Å². The second-order valence-electron chi connectivity index (χ2n) is 7.36. The van der Waals surface area contributed by atoms with Crippen molar-refractivity contribution in [3.63, 3.8) is 0 Å². The van der Waals surface area contributed by atoms with E-state index in [-0.39, 0.29) is 17.1 Å². The SMILES string of the molecule is O=C1CC(C(F)(F)F)N(C(=O)CSc2n[nH]c(C3CCCC3)n2)c2ccccc2N1. The predicted octanol–water partition coefficient (Wildman–Crippen LogP) is 3.86. The molecule has 2 N–H and O–H groups in total. The largest absolute Gasteiger partial charge is 0.409 e. The monoisotopic (exact) mass is 439 g/mol. The van der Waals surface area contributed by atoms with E-state index in [0.717, 1.165) is 43.3 Å². The number of alkyl halides is 3. The van der Waals surface area contributed by atoms with Crippen molar-refractivity contribution in [3.05, 3.63) is 30.1 Å². The number of nitrogens with one attached hydrogen (secondary N) is 2. The molecule has 2 amide bonds. The molecule has 1 unspecified atom stereocenters. The highest BCUT2D eigenvalue weighted by Crippen LogP contribution is 2.38. The molecule has 2 aromatic rings. The minimum atomic E-state index is -4.75. The van der Waals surface area contributed by atoms with E-state index in [1.807, 2.05) is 0 Å². The Balaban J connectivity index is 1.55. The van der Waals surface area contributed by atoms with Crippen LogP contribution in [0.15, 0.2) is 29.4 Å². The van der Waals surface area contributed by atoms with Crippen molar-refractivity contribution in [2.24, 2.45) is 0 Å². The van der Waals surface area contributed by atoms with Gasteiger partial charge < -0.3 is 5.32 Å². The van der Waals surface area contributed by atoms with Gasteiger partial charge in [0, 0.05) is 5.92 Å². The molecular weight excluding hydrogens is 419 g/mol. The first-order chi connectivity index (χ1) is 14.3. The molecule has 1 aliphatic carbocycles. The number of H-pyrrole nitrogens is 1. The minimum Gasteiger partial charge on any atom is -0.324 e. The lowest BCUT2D eigenvalue weighted by Crippen LogP contribution is -2.50. The highest BCUT2D eigenvalue weighted by molar-refractivity contribution is 7.99. The normalized spacial score (nSPS) is 20.0. The van der Waals surface area contributed by atoms with E-state index >= 15 is 0 Å². The molecule has 11 heteroatoms. The van der Waals surface area contributed by atoms with E-state index in [4.69, 9.17) is 0 Å². The van der Waals surface area contributed by atoms with E-state index in [9.17, 15) is 22.8 Å². The molecule has 1 fully saturated rings. The Morgan fingerprint density at radius 3 is 2.70 bits per heavy atom. The summed E-state index contributed by atoms with van der Waals surface area (Å²) in [5.74, 6) is -0.768. The van der Waals surface area contributed by atoms with Crippen LogP contribution in [0.3, 0.4) is 0 Å². The molecule has 1 aromatic heterocycles. The van der Waals surface area contributed by atoms with Gasteiger partial charge in [0.2, 0.25) is 17.0 Å². The molecule has 4 rings (SSSR count). The van der Waals surface area contributed by atoms with Crippen LogP contribution in [0.5, 0.6) is 0 Å². The topological polar surface area (TPSA) is 91.0 Å². The zero-order valence-electron chi connectivity index (χ0n) is 15.9. The fraction of sp³-hybridized carbons (Fsp3) is 0.474. The lowest BCUT2D eigenvalue weighted by molar-refractivity contribution is -0.157. The molecular formula is C19H20F3N5O2S. The number of hydrogen-bond acceptors (Lipinski definition) is 5. The Morgan fingerprint density at radius 1 is 1.23 bits per heavy atom. The number of aromatic nitrogens is 3. The number of nitrogens with zero attached hydrogens (tertiary/aromatic N) is 3. The Morgan fingerprint density at radius 2 is 1.97 bits per heavy atom. The summed E-state index contributed by atoms with van der Waals surface area (Å²) in [4.78, 5) is 30.0. The van der Waals surface area contributed by atoms with E-state index < -0.39 is 30.5 Å². The summed E-state index contributed by atoms with van der Waals surface area (Å²) in [6.07, 6.45) is -1.30. The van der Waals surface area contributed by atoms with Crippen molar-refractivity contribution >= 4 is 35.0 Å². The molecule has 0 radical (unpaired) electrons. The maximum atomic E-state index is 13.7. The summed E-state index contributed by atoms with van der Waals surface area (Å²) in [6, 6.07) is 3.74. The van der Waals surface area contributed by atoms with Gasteiger partial charge in [0.05, 0.1) is 23.5 Å². The number of carbonyl (C=O) groups excluding carboxylic acids is 2. The molecule has 1 aromatic carbocycles. The quantitative estimate of drug-likeness (QED) is 0.706. The fourth-order valence-electron chi connectivity index (χ4n) is 3.90. The molecule has 2 aliphatic rings. The molecule has 0 spiro atoms. The number of rotatable bonds is 4. The molecule has 1 saturated carbocycles. The third kappa shape index (κ3) is 4.30. The van der Waals surface area contributed by atoms with Gasteiger partial charge >= 0.3 is 6.18 Å². The summed E-state index contributed by atoms with van der Waals surface area (Å²) in [5.41, 5.74) is 0.201. The average molecular weight is 439 g/mol. The highest BCUT2D eigenvalue weighted by atomic mass is 32.2. The summed E-state index contributed by atoms with van der Waals surface area (Å²) >= 11 is 0.979. The molecule has 1 aliphatic heterocycles. The second-order valence-corrected chi connectivity index (χ2v) is 8.31. The number of hydrogen-bond donors (Lipinski definition) is 2. The Kier molecular flexibility index (Phi) is 5.72. The van der Waals surface area contributed by atoms with E-state index in [0.29, 0.717) is 16.0 Å². The number of amides is 2. The summed E-state index contributed by atoms with van der Waals surface area (Å²) < 4.78 is 41.2. The molecule has 2 heterocycles. The maximum absolute atomic E-state index is 13.7. The van der Waals surface area contributed by atoms with Gasteiger partial charge in [-0.15, -0.1) is 5.10 Å². The van der Waals surface area contributed by atoms with Gasteiger partial charge in [-0.2, -0.15) is 13.2 Å². The van der Waals surface area contributed by atoms with Crippen LogP contribution < -0.4 is 10.2 Å². The molecule has 30 heavy (non-hydrogen) atoms. The molecule has 0 saturated heterocycles. The molecule has 160 valence electrons. The van der Waals surface area contributed by atoms with Gasteiger partial charge in [-0.25, -0.2) is 4.98 Å². The standard InChI is InChI=1S/C19H20F3N5O2S/c20-19(21,22)14-9-15(28)23-12-7-3-4-8-13(12)27(14)16(29)10-30-18-24-17(25-26-18)11-5-1-2-6-11/h3-4,7-8,11,14H,1-2,5-6,9-10H2,(H,23,28)(H,24,25,26). The second kappa shape index (κ2) is 8.29. The smallest absolute Gasteiger partial charge is 0.324 e. The van der Waals surface area contributed by atoms with Crippen LogP contribution in [-0.4, -0.2) is 45.0 Å². The maximum Gasteiger partial charge on any atom is 0.409 e. The van der Waals surface area contributed by atoms with Crippen molar-refractivity contribution in [3.8, 4) is 0 Å². The fourth-order valence-corrected chi connectivity index (χ4v) is 4.56. The molecule has 1 atom stereocenters. The van der Waals surface area contributed by atoms with Gasteiger partial charge in [0.1, 0.15) is 11.9 Å². The number of aromatic amines is 1. The summed E-state index contributed by atoms with van der Waals surface area (Å²) in [5, 5.41) is 9.74. The Bertz CT molecular complexity index is 942. The Labute approximate surface area is 174 Å². The van der Waals surface area contributed by atoms with Crippen LogP contribution >= 0.6 is 11.8 Å². The third-order valence-corrected chi connectivity index (χ3v) is 6.16. The summed E-state index contributed by atoms with van der Waals surface area (Å²) in [7, 11) is 0. The first-order valence-electron chi connectivity index (χ1n) is 9.65. The van der Waals surface area contributed by atoms with E-state index in [1.54, 1.807) is 6.07 Å². The lowest BCUT2D eigenvalue weighted by atomic mass is 10.1. The number of halogens is 3. The van der Waals surface area contributed by atoms with Gasteiger partial charge in [-0.1, -0.05) is 36.7 Å². The van der Waals surface area contributed by atoms with Gasteiger partial charge in [0.25, 0.3) is 0 Å². The zero-order valence-corrected chi connectivity index (χ0v) is 16.7. The number of carbonyl (C=O) groups is 2. The van der Waals surface area contributed by atoms with Crippen LogP contribution in [0, 0.1) is 0 Å².